The summed E-state index contributed by atoms with van der Waals surface area (Å²) in [4.78, 5) is 5.70. The summed E-state index contributed by atoms with van der Waals surface area (Å²) in [6, 6.07) is 4.39. The highest BCUT2D eigenvalue weighted by atomic mass is 32.1. The van der Waals surface area contributed by atoms with Crippen LogP contribution in [0.25, 0.3) is 0 Å². The Morgan fingerprint density at radius 1 is 1.46 bits per heavy atom. The second kappa shape index (κ2) is 7.13. The van der Waals surface area contributed by atoms with Gasteiger partial charge in [0.15, 0.2) is 5.96 Å². The molecule has 1 aromatic heterocycles. The summed E-state index contributed by atoms with van der Waals surface area (Å²) in [6.07, 6.45) is 6.74. The van der Waals surface area contributed by atoms with Crippen LogP contribution in [-0.2, 0) is 10.3 Å². The van der Waals surface area contributed by atoms with Gasteiger partial charge < -0.3 is 20.5 Å². The van der Waals surface area contributed by atoms with E-state index in [9.17, 15) is 5.11 Å². The number of aliphatic imine (C=N–C) groups is 1. The van der Waals surface area contributed by atoms with Crippen LogP contribution in [-0.4, -0.2) is 42.9 Å². The number of nitrogens with zero attached hydrogens (tertiary/aromatic N) is 1. The molecule has 3 aliphatic rings. The fourth-order valence-electron chi connectivity index (χ4n) is 5.27. The maximum Gasteiger partial charge on any atom is 0.191 e. The number of hydrogen-bond acceptors (Lipinski definition) is 4. The van der Waals surface area contributed by atoms with Crippen molar-refractivity contribution in [1.29, 1.82) is 0 Å². The van der Waals surface area contributed by atoms with Crippen molar-refractivity contribution in [2.75, 3.05) is 19.7 Å². The smallest absolute Gasteiger partial charge is 0.191 e. The van der Waals surface area contributed by atoms with Crippen LogP contribution in [0.15, 0.2) is 22.5 Å². The first-order chi connectivity index (χ1) is 12.6. The highest BCUT2D eigenvalue weighted by Gasteiger charge is 2.65. The molecule has 4 rings (SSSR count). The molecular formula is C20H31N3O2S. The third-order valence-electron chi connectivity index (χ3n) is 6.52. The lowest BCUT2D eigenvalue weighted by Crippen LogP contribution is -2.69. The fourth-order valence-corrected chi connectivity index (χ4v) is 6.05. The zero-order chi connectivity index (χ0) is 18.2. The van der Waals surface area contributed by atoms with Gasteiger partial charge in [0, 0.05) is 35.4 Å². The van der Waals surface area contributed by atoms with Gasteiger partial charge in [-0.2, -0.15) is 0 Å². The first-order valence-electron chi connectivity index (χ1n) is 10.00. The molecule has 2 heterocycles. The van der Waals surface area contributed by atoms with E-state index in [4.69, 9.17) is 9.73 Å². The van der Waals surface area contributed by atoms with Crippen LogP contribution in [0.1, 0.15) is 50.8 Å². The van der Waals surface area contributed by atoms with E-state index < -0.39 is 5.60 Å². The van der Waals surface area contributed by atoms with Crippen LogP contribution in [0, 0.1) is 11.3 Å². The van der Waals surface area contributed by atoms with Crippen molar-refractivity contribution in [2.45, 2.75) is 63.7 Å². The molecule has 1 spiro atoms. The molecule has 0 bridgehead atoms. The van der Waals surface area contributed by atoms with Crippen LogP contribution in [0.3, 0.4) is 0 Å². The first kappa shape index (κ1) is 18.3. The molecular weight excluding hydrogens is 346 g/mol. The summed E-state index contributed by atoms with van der Waals surface area (Å²) >= 11 is 1.58. The maximum absolute atomic E-state index is 10.8. The lowest BCUT2D eigenvalue weighted by Gasteiger charge is -2.57. The van der Waals surface area contributed by atoms with E-state index in [-0.39, 0.29) is 0 Å². The second-order valence-corrected chi connectivity index (χ2v) is 9.20. The number of hydrogen-bond donors (Lipinski definition) is 3. The monoisotopic (exact) mass is 377 g/mol. The van der Waals surface area contributed by atoms with Gasteiger partial charge in [0.2, 0.25) is 0 Å². The highest BCUT2D eigenvalue weighted by Crippen LogP contribution is 2.60. The number of fused-ring (bicyclic) bond motifs is 2. The predicted molar refractivity (Wildman–Crippen MR) is 106 cm³/mol. The van der Waals surface area contributed by atoms with Crippen molar-refractivity contribution in [1.82, 2.24) is 10.6 Å². The standard InChI is InChI=1S/C20H31N3O2S/c1-3-21-18(22-13-19(2,24)15-7-6-12-26-15)23-16-14-8-11-25-17(14)20(16)9-4-5-10-20/h6-7,12,14,16-17,24H,3-5,8-11,13H2,1-2H3,(H2,21,22,23). The molecule has 26 heavy (non-hydrogen) atoms. The minimum atomic E-state index is -0.930. The Balaban J connectivity index is 1.48. The Morgan fingerprint density at radius 3 is 2.96 bits per heavy atom. The van der Waals surface area contributed by atoms with Crippen molar-refractivity contribution < 1.29 is 9.84 Å². The topological polar surface area (TPSA) is 65.9 Å². The van der Waals surface area contributed by atoms with Crippen molar-refractivity contribution >= 4 is 17.3 Å². The minimum Gasteiger partial charge on any atom is -0.383 e. The molecule has 1 aliphatic heterocycles. The van der Waals surface area contributed by atoms with Crippen LogP contribution in [0.5, 0.6) is 0 Å². The number of aliphatic hydroxyl groups is 1. The van der Waals surface area contributed by atoms with Gasteiger partial charge in [-0.1, -0.05) is 18.9 Å². The number of thiophene rings is 1. The summed E-state index contributed by atoms with van der Waals surface area (Å²) < 4.78 is 6.09. The van der Waals surface area contributed by atoms with E-state index in [0.717, 1.165) is 30.4 Å². The third-order valence-corrected chi connectivity index (χ3v) is 7.64. The quantitative estimate of drug-likeness (QED) is 0.545. The molecule has 4 unspecified atom stereocenters. The van der Waals surface area contributed by atoms with Crippen molar-refractivity contribution in [3.8, 4) is 0 Å². The van der Waals surface area contributed by atoms with E-state index in [1.165, 1.54) is 25.7 Å². The van der Waals surface area contributed by atoms with Gasteiger partial charge in [0.25, 0.3) is 0 Å². The molecule has 2 saturated carbocycles. The summed E-state index contributed by atoms with van der Waals surface area (Å²) in [6.45, 7) is 6.00. The average molecular weight is 378 g/mol. The molecule has 1 saturated heterocycles. The van der Waals surface area contributed by atoms with E-state index >= 15 is 0 Å². The number of nitrogens with one attached hydrogen (secondary N) is 2. The van der Waals surface area contributed by atoms with Crippen LogP contribution < -0.4 is 10.6 Å². The molecule has 144 valence electrons. The predicted octanol–water partition coefficient (Wildman–Crippen LogP) is 2.86. The van der Waals surface area contributed by atoms with Crippen LogP contribution in [0.4, 0.5) is 0 Å². The van der Waals surface area contributed by atoms with E-state index in [1.54, 1.807) is 11.3 Å². The normalized spacial score (nSPS) is 32.1. The van der Waals surface area contributed by atoms with Gasteiger partial charge in [-0.05, 0) is 44.6 Å². The summed E-state index contributed by atoms with van der Waals surface area (Å²) in [5.41, 5.74) is -0.631. The molecule has 0 amide bonds. The van der Waals surface area contributed by atoms with E-state index in [2.05, 4.69) is 17.6 Å². The Morgan fingerprint density at radius 2 is 2.27 bits per heavy atom. The summed E-state index contributed by atoms with van der Waals surface area (Å²) in [5, 5.41) is 19.9. The Bertz CT molecular complexity index is 637. The highest BCUT2D eigenvalue weighted by molar-refractivity contribution is 7.10. The third kappa shape index (κ3) is 3.06. The average Bonchev–Trinajstić information content (AvgIpc) is 3.37. The SMILES string of the molecule is CCNC(=NCC(C)(O)c1cccs1)NC1C2CCOC2C12CCCC2. The second-order valence-electron chi connectivity index (χ2n) is 8.25. The molecule has 5 nitrogen and oxygen atoms in total. The lowest BCUT2D eigenvalue weighted by molar-refractivity contribution is -0.125. The Hall–Kier alpha value is -1.11. The number of ether oxygens (including phenoxy) is 1. The Labute approximate surface area is 160 Å². The molecule has 0 radical (unpaired) electrons. The Kier molecular flexibility index (Phi) is 5.01. The van der Waals surface area contributed by atoms with Crippen molar-refractivity contribution in [3.63, 3.8) is 0 Å². The molecule has 4 atom stereocenters. The van der Waals surface area contributed by atoms with Gasteiger partial charge in [-0.25, -0.2) is 4.99 Å². The van der Waals surface area contributed by atoms with Crippen molar-refractivity contribution in [2.24, 2.45) is 16.3 Å². The zero-order valence-corrected chi connectivity index (χ0v) is 16.6. The van der Waals surface area contributed by atoms with Crippen molar-refractivity contribution in [3.05, 3.63) is 22.4 Å². The van der Waals surface area contributed by atoms with Gasteiger partial charge in [-0.3, -0.25) is 0 Å². The lowest BCUT2D eigenvalue weighted by atomic mass is 9.54. The largest absolute Gasteiger partial charge is 0.383 e. The van der Waals surface area contributed by atoms with Crippen LogP contribution in [0.2, 0.25) is 0 Å². The molecule has 2 aliphatic carbocycles. The first-order valence-corrected chi connectivity index (χ1v) is 10.9. The maximum atomic E-state index is 10.8. The fraction of sp³-hybridized carbons (Fsp3) is 0.750. The zero-order valence-electron chi connectivity index (χ0n) is 15.8. The van der Waals surface area contributed by atoms with E-state index in [0.29, 0.717) is 30.0 Å². The summed E-state index contributed by atoms with van der Waals surface area (Å²) in [5.74, 6) is 1.43. The number of guanidine groups is 1. The molecule has 3 fully saturated rings. The van der Waals surface area contributed by atoms with Gasteiger partial charge in [0.05, 0.1) is 12.6 Å². The van der Waals surface area contributed by atoms with Gasteiger partial charge >= 0.3 is 0 Å². The summed E-state index contributed by atoms with van der Waals surface area (Å²) in [7, 11) is 0. The van der Waals surface area contributed by atoms with E-state index in [1.807, 2.05) is 24.4 Å². The molecule has 6 heteroatoms. The minimum absolute atomic E-state index is 0.299. The molecule has 3 N–H and O–H groups in total. The van der Waals surface area contributed by atoms with Gasteiger partial charge in [-0.15, -0.1) is 11.3 Å². The van der Waals surface area contributed by atoms with Gasteiger partial charge in [0.1, 0.15) is 5.60 Å². The van der Waals surface area contributed by atoms with Crippen LogP contribution >= 0.6 is 11.3 Å². The number of rotatable bonds is 5. The molecule has 0 aromatic carbocycles. The molecule has 1 aromatic rings.